The van der Waals surface area contributed by atoms with Gasteiger partial charge in [-0.05, 0) is 29.8 Å². The van der Waals surface area contributed by atoms with E-state index in [2.05, 4.69) is 10.3 Å². The monoisotopic (exact) mass is 333 g/mol. The second-order valence-corrected chi connectivity index (χ2v) is 7.60. The number of rotatable bonds is 4. The van der Waals surface area contributed by atoms with Crippen molar-refractivity contribution in [2.75, 3.05) is 12.0 Å². The Balaban J connectivity index is 1.72. The van der Waals surface area contributed by atoms with Gasteiger partial charge in [0.1, 0.15) is 5.69 Å². The molecule has 0 radical (unpaired) electrons. The number of anilines is 1. The van der Waals surface area contributed by atoms with Crippen molar-refractivity contribution < 1.29 is 9.00 Å². The van der Waals surface area contributed by atoms with Crippen LogP contribution in [-0.4, -0.2) is 21.4 Å². The number of carbonyl (C=O) groups is 1. The first-order valence-corrected chi connectivity index (χ1v) is 8.99. The molecule has 0 saturated carbocycles. The summed E-state index contributed by atoms with van der Waals surface area (Å²) < 4.78 is 13.2. The number of nitrogen functional groups attached to an aromatic ring is 1. The Labute approximate surface area is 134 Å². The van der Waals surface area contributed by atoms with E-state index in [9.17, 15) is 9.00 Å². The number of aromatic amines is 1. The van der Waals surface area contributed by atoms with Crippen molar-refractivity contribution in [2.24, 2.45) is 0 Å². The quantitative estimate of drug-likeness (QED) is 0.641. The maximum atomic E-state index is 12.2. The second kappa shape index (κ2) is 5.94. The van der Waals surface area contributed by atoms with Crippen LogP contribution in [0.1, 0.15) is 16.1 Å². The van der Waals surface area contributed by atoms with Crippen LogP contribution in [0.2, 0.25) is 0 Å². The van der Waals surface area contributed by atoms with E-state index in [4.69, 9.17) is 5.73 Å². The van der Waals surface area contributed by atoms with Gasteiger partial charge < -0.3 is 16.0 Å². The van der Waals surface area contributed by atoms with Gasteiger partial charge in [0.2, 0.25) is 0 Å². The number of hydrogen-bond acceptors (Lipinski definition) is 4. The molecule has 3 rings (SSSR count). The van der Waals surface area contributed by atoms with Gasteiger partial charge in [-0.25, -0.2) is 0 Å². The first-order valence-electron chi connectivity index (χ1n) is 6.61. The number of aromatic nitrogens is 1. The Hall–Kier alpha value is -2.12. The average Bonchev–Trinajstić information content (AvgIpc) is 3.03. The number of hydrogen-bond donors (Lipinski definition) is 3. The van der Waals surface area contributed by atoms with Gasteiger partial charge in [0, 0.05) is 18.5 Å². The van der Waals surface area contributed by atoms with Crippen LogP contribution in [0.5, 0.6) is 0 Å². The molecule has 114 valence electrons. The molecule has 0 fully saturated rings. The van der Waals surface area contributed by atoms with Crippen molar-refractivity contribution in [1.82, 2.24) is 10.3 Å². The van der Waals surface area contributed by atoms with Crippen molar-refractivity contribution in [3.05, 3.63) is 47.7 Å². The molecule has 22 heavy (non-hydrogen) atoms. The normalized spacial score (nSPS) is 12.4. The first kappa shape index (κ1) is 14.8. The minimum absolute atomic E-state index is 0.176. The number of nitrogens with two attached hydrogens (primary N) is 1. The summed E-state index contributed by atoms with van der Waals surface area (Å²) in [4.78, 5) is 15.2. The molecule has 0 aliphatic rings. The molecule has 1 atom stereocenters. The second-order valence-electron chi connectivity index (χ2n) is 4.91. The van der Waals surface area contributed by atoms with E-state index in [1.165, 1.54) is 11.3 Å². The van der Waals surface area contributed by atoms with E-state index in [1.54, 1.807) is 18.4 Å². The minimum atomic E-state index is -1.00. The lowest BCUT2D eigenvalue weighted by atomic mass is 10.2. The molecule has 1 unspecified atom stereocenters. The van der Waals surface area contributed by atoms with Crippen LogP contribution in [0.25, 0.3) is 10.2 Å². The van der Waals surface area contributed by atoms with Gasteiger partial charge >= 0.3 is 0 Å². The van der Waals surface area contributed by atoms with E-state index < -0.39 is 10.8 Å². The largest absolute Gasteiger partial charge is 0.399 e. The van der Waals surface area contributed by atoms with Crippen LogP contribution in [-0.2, 0) is 17.3 Å². The zero-order chi connectivity index (χ0) is 15.7. The molecular formula is C15H15N3O2S2. The van der Waals surface area contributed by atoms with E-state index in [0.717, 1.165) is 20.0 Å². The number of H-pyrrole nitrogens is 1. The van der Waals surface area contributed by atoms with E-state index >= 15 is 0 Å². The predicted octanol–water partition coefficient (Wildman–Crippen LogP) is 2.48. The summed E-state index contributed by atoms with van der Waals surface area (Å²) in [6.45, 7) is 0.417. The number of benzene rings is 1. The molecule has 2 heterocycles. The highest BCUT2D eigenvalue weighted by molar-refractivity contribution is 7.86. The average molecular weight is 333 g/mol. The highest BCUT2D eigenvalue weighted by Gasteiger charge is 2.13. The molecule has 2 aromatic heterocycles. The van der Waals surface area contributed by atoms with Gasteiger partial charge in [0.05, 0.1) is 25.2 Å². The number of fused-ring (bicyclic) bond motifs is 1. The van der Waals surface area contributed by atoms with Crippen molar-refractivity contribution in [1.29, 1.82) is 0 Å². The molecule has 0 aliphatic carbocycles. The standard InChI is InChI=1S/C15H15N3O2S2/c1-22(20)14-7-11-13(21-14)6-12(18-11)15(19)17-8-9-3-2-4-10(16)5-9/h2-7,18H,8,16H2,1H3,(H,17,19). The Morgan fingerprint density at radius 3 is 2.86 bits per heavy atom. The lowest BCUT2D eigenvalue weighted by Gasteiger charge is -2.04. The molecule has 1 amide bonds. The molecule has 3 aromatic rings. The molecular weight excluding hydrogens is 318 g/mol. The van der Waals surface area contributed by atoms with E-state index in [1.807, 2.05) is 24.3 Å². The van der Waals surface area contributed by atoms with Crippen molar-refractivity contribution >= 4 is 43.9 Å². The van der Waals surface area contributed by atoms with Crippen LogP contribution < -0.4 is 11.1 Å². The van der Waals surface area contributed by atoms with Crippen LogP contribution in [0.15, 0.2) is 40.6 Å². The van der Waals surface area contributed by atoms with Gasteiger partial charge in [-0.3, -0.25) is 9.00 Å². The molecule has 4 N–H and O–H groups in total. The topological polar surface area (TPSA) is 88.0 Å². The molecule has 0 bridgehead atoms. The summed E-state index contributed by atoms with van der Waals surface area (Å²) in [5.41, 5.74) is 8.67. The summed E-state index contributed by atoms with van der Waals surface area (Å²) in [5.74, 6) is -0.176. The molecule has 0 spiro atoms. The molecule has 5 nitrogen and oxygen atoms in total. The molecule has 0 aliphatic heterocycles. The molecule has 7 heteroatoms. The zero-order valence-corrected chi connectivity index (χ0v) is 13.5. The third-order valence-corrected chi connectivity index (χ3v) is 5.73. The molecule has 0 saturated heterocycles. The van der Waals surface area contributed by atoms with Crippen molar-refractivity contribution in [2.45, 2.75) is 10.8 Å². The summed E-state index contributed by atoms with van der Waals surface area (Å²) in [6.07, 6.45) is 1.64. The Morgan fingerprint density at radius 2 is 2.18 bits per heavy atom. The van der Waals surface area contributed by atoms with Crippen LogP contribution >= 0.6 is 11.3 Å². The SMILES string of the molecule is CS(=O)c1cc2[nH]c(C(=O)NCc3cccc(N)c3)cc2s1. The number of carbonyl (C=O) groups excluding carboxylic acids is 1. The van der Waals surface area contributed by atoms with Gasteiger partial charge in [-0.1, -0.05) is 12.1 Å². The fourth-order valence-corrected chi connectivity index (χ4v) is 3.96. The number of thiophene rings is 1. The van der Waals surface area contributed by atoms with E-state index in [0.29, 0.717) is 17.9 Å². The maximum absolute atomic E-state index is 12.2. The van der Waals surface area contributed by atoms with Crippen LogP contribution in [0.4, 0.5) is 5.69 Å². The third-order valence-electron chi connectivity index (χ3n) is 3.22. The Kier molecular flexibility index (Phi) is 4.00. The summed E-state index contributed by atoms with van der Waals surface area (Å²) >= 11 is 1.43. The lowest BCUT2D eigenvalue weighted by molar-refractivity contribution is 0.0947. The summed E-state index contributed by atoms with van der Waals surface area (Å²) in [6, 6.07) is 11.0. The predicted molar refractivity (Wildman–Crippen MR) is 90.5 cm³/mol. The Bertz CT molecular complexity index is 835. The molecule has 1 aromatic carbocycles. The third kappa shape index (κ3) is 3.05. The zero-order valence-electron chi connectivity index (χ0n) is 11.9. The minimum Gasteiger partial charge on any atom is -0.399 e. The summed E-state index contributed by atoms with van der Waals surface area (Å²) in [7, 11) is -1.00. The first-order chi connectivity index (χ1) is 10.5. The summed E-state index contributed by atoms with van der Waals surface area (Å²) in [5, 5.41) is 2.85. The smallest absolute Gasteiger partial charge is 0.268 e. The van der Waals surface area contributed by atoms with Crippen LogP contribution in [0, 0.1) is 0 Å². The van der Waals surface area contributed by atoms with Gasteiger partial charge in [0.25, 0.3) is 5.91 Å². The highest BCUT2D eigenvalue weighted by Crippen LogP contribution is 2.28. The fourth-order valence-electron chi connectivity index (χ4n) is 2.14. The number of nitrogens with one attached hydrogen (secondary N) is 2. The Morgan fingerprint density at radius 1 is 1.36 bits per heavy atom. The van der Waals surface area contributed by atoms with Crippen molar-refractivity contribution in [3.8, 4) is 0 Å². The van der Waals surface area contributed by atoms with E-state index in [-0.39, 0.29) is 5.91 Å². The maximum Gasteiger partial charge on any atom is 0.268 e. The lowest BCUT2D eigenvalue weighted by Crippen LogP contribution is -2.23. The van der Waals surface area contributed by atoms with Gasteiger partial charge in [-0.15, -0.1) is 11.3 Å². The fraction of sp³-hybridized carbons (Fsp3) is 0.133. The van der Waals surface area contributed by atoms with Gasteiger partial charge in [-0.2, -0.15) is 0 Å². The van der Waals surface area contributed by atoms with Gasteiger partial charge in [0.15, 0.2) is 0 Å². The highest BCUT2D eigenvalue weighted by atomic mass is 32.2. The number of amides is 1. The van der Waals surface area contributed by atoms with Crippen LogP contribution in [0.3, 0.4) is 0 Å². The van der Waals surface area contributed by atoms with Crippen molar-refractivity contribution in [3.63, 3.8) is 0 Å².